The highest BCUT2D eigenvalue weighted by Gasteiger charge is 2.49. The summed E-state index contributed by atoms with van der Waals surface area (Å²) >= 11 is 0. The van der Waals surface area contributed by atoms with Gasteiger partial charge in [-0.3, -0.25) is 0 Å². The summed E-state index contributed by atoms with van der Waals surface area (Å²) in [6.45, 7) is 1.61. The SMILES string of the molecule is C[C@H](O)[C@H]1C[C@@H]2OC(N(C)C)=N[C@@H]2[C@@H](O)[C@@H]1O. The summed E-state index contributed by atoms with van der Waals surface area (Å²) in [6, 6.07) is 0.0369. The molecule has 2 aliphatic rings. The van der Waals surface area contributed by atoms with E-state index in [0.29, 0.717) is 12.4 Å². The minimum absolute atomic E-state index is 0.259. The first-order valence-electron chi connectivity index (χ1n) is 5.87. The van der Waals surface area contributed by atoms with Crippen molar-refractivity contribution >= 4 is 6.02 Å². The van der Waals surface area contributed by atoms with E-state index in [1.54, 1.807) is 11.8 Å². The molecule has 6 atom stereocenters. The second-order valence-corrected chi connectivity index (χ2v) is 5.07. The number of amidine groups is 1. The van der Waals surface area contributed by atoms with Crippen molar-refractivity contribution in [3.63, 3.8) is 0 Å². The van der Waals surface area contributed by atoms with Crippen molar-refractivity contribution in [2.45, 2.75) is 43.8 Å². The number of hydrogen-bond donors (Lipinski definition) is 3. The smallest absolute Gasteiger partial charge is 0.287 e. The van der Waals surface area contributed by atoms with E-state index < -0.39 is 24.4 Å². The van der Waals surface area contributed by atoms with Crippen LogP contribution in [0.5, 0.6) is 0 Å². The molecule has 0 radical (unpaired) electrons. The third-order valence-corrected chi connectivity index (χ3v) is 3.54. The van der Waals surface area contributed by atoms with Crippen LogP contribution in [0.2, 0.25) is 0 Å². The van der Waals surface area contributed by atoms with Gasteiger partial charge in [0.15, 0.2) is 0 Å². The van der Waals surface area contributed by atoms with Crippen LogP contribution >= 0.6 is 0 Å². The number of nitrogens with zero attached hydrogens (tertiary/aromatic N) is 2. The van der Waals surface area contributed by atoms with Crippen LogP contribution in [0, 0.1) is 5.92 Å². The molecule has 0 bridgehead atoms. The van der Waals surface area contributed by atoms with Crippen LogP contribution in [0.1, 0.15) is 13.3 Å². The summed E-state index contributed by atoms with van der Waals surface area (Å²) in [5.74, 6) is -0.372. The maximum absolute atomic E-state index is 10.0. The summed E-state index contributed by atoms with van der Waals surface area (Å²) in [6.07, 6.45) is -2.37. The van der Waals surface area contributed by atoms with Crippen LogP contribution in [-0.4, -0.2) is 70.8 Å². The number of rotatable bonds is 1. The highest BCUT2D eigenvalue weighted by molar-refractivity contribution is 5.75. The molecule has 17 heavy (non-hydrogen) atoms. The molecule has 3 N–H and O–H groups in total. The van der Waals surface area contributed by atoms with Gasteiger partial charge < -0.3 is 25.0 Å². The van der Waals surface area contributed by atoms with Crippen LogP contribution in [0.3, 0.4) is 0 Å². The van der Waals surface area contributed by atoms with Crippen molar-refractivity contribution in [3.05, 3.63) is 0 Å². The predicted octanol–water partition coefficient (Wildman–Crippen LogP) is -1.21. The summed E-state index contributed by atoms with van der Waals surface area (Å²) in [5, 5.41) is 29.5. The molecule has 0 unspecified atom stereocenters. The lowest BCUT2D eigenvalue weighted by molar-refractivity contribution is -0.111. The zero-order chi connectivity index (χ0) is 12.7. The minimum atomic E-state index is -0.981. The molecule has 0 aromatic rings. The Morgan fingerprint density at radius 1 is 1.35 bits per heavy atom. The van der Waals surface area contributed by atoms with Crippen molar-refractivity contribution in [2.24, 2.45) is 10.9 Å². The summed E-state index contributed by atoms with van der Waals surface area (Å²) in [4.78, 5) is 5.99. The molecular weight excluding hydrogens is 224 g/mol. The first-order chi connectivity index (χ1) is 7.91. The van der Waals surface area contributed by atoms with Gasteiger partial charge in [0.05, 0.1) is 12.2 Å². The molecule has 1 fully saturated rings. The van der Waals surface area contributed by atoms with Crippen LogP contribution in [-0.2, 0) is 4.74 Å². The zero-order valence-corrected chi connectivity index (χ0v) is 10.3. The fourth-order valence-electron chi connectivity index (χ4n) is 2.50. The third kappa shape index (κ3) is 2.12. The Balaban J connectivity index is 2.15. The van der Waals surface area contributed by atoms with Gasteiger partial charge in [-0.15, -0.1) is 0 Å². The highest BCUT2D eigenvalue weighted by Crippen LogP contribution is 2.34. The van der Waals surface area contributed by atoms with E-state index >= 15 is 0 Å². The molecule has 0 aromatic carbocycles. The minimum Gasteiger partial charge on any atom is -0.459 e. The highest BCUT2D eigenvalue weighted by atomic mass is 16.5. The lowest BCUT2D eigenvalue weighted by Gasteiger charge is -2.38. The second-order valence-electron chi connectivity index (χ2n) is 5.07. The fourth-order valence-corrected chi connectivity index (χ4v) is 2.50. The predicted molar refractivity (Wildman–Crippen MR) is 61.6 cm³/mol. The van der Waals surface area contributed by atoms with E-state index in [-0.39, 0.29) is 12.0 Å². The molecule has 1 aliphatic heterocycles. The van der Waals surface area contributed by atoms with Gasteiger partial charge in [-0.05, 0) is 13.3 Å². The molecule has 0 aromatic heterocycles. The van der Waals surface area contributed by atoms with E-state index in [1.165, 1.54) is 0 Å². The van der Waals surface area contributed by atoms with Gasteiger partial charge >= 0.3 is 0 Å². The normalized spacial score (nSPS) is 42.5. The Kier molecular flexibility index (Phi) is 3.29. The number of hydrogen-bond acceptors (Lipinski definition) is 6. The fraction of sp³-hybridized carbons (Fsp3) is 0.909. The number of fused-ring (bicyclic) bond motifs is 1. The second kappa shape index (κ2) is 4.44. The summed E-state index contributed by atoms with van der Waals surface area (Å²) in [7, 11) is 3.62. The summed E-state index contributed by atoms with van der Waals surface area (Å²) in [5.41, 5.74) is 0. The Labute approximate surface area is 101 Å². The number of aliphatic hydroxyl groups excluding tert-OH is 3. The van der Waals surface area contributed by atoms with E-state index in [0.717, 1.165) is 0 Å². The van der Waals surface area contributed by atoms with Crippen molar-refractivity contribution in [3.8, 4) is 0 Å². The van der Waals surface area contributed by atoms with Gasteiger partial charge in [0.1, 0.15) is 18.2 Å². The number of aliphatic imine (C=N–C) groups is 1. The molecule has 0 amide bonds. The van der Waals surface area contributed by atoms with Gasteiger partial charge in [0.25, 0.3) is 6.02 Å². The van der Waals surface area contributed by atoms with E-state index in [2.05, 4.69) is 4.99 Å². The van der Waals surface area contributed by atoms with Crippen LogP contribution in [0.15, 0.2) is 4.99 Å². The Hall–Kier alpha value is -0.850. The average Bonchev–Trinajstić information content (AvgIpc) is 2.67. The first-order valence-corrected chi connectivity index (χ1v) is 5.87. The van der Waals surface area contributed by atoms with Crippen molar-refractivity contribution < 1.29 is 20.1 Å². The number of ether oxygens (including phenoxy) is 1. The monoisotopic (exact) mass is 244 g/mol. The Morgan fingerprint density at radius 3 is 2.53 bits per heavy atom. The van der Waals surface area contributed by atoms with Gasteiger partial charge in [-0.2, -0.15) is 0 Å². The molecule has 6 nitrogen and oxygen atoms in total. The lowest BCUT2D eigenvalue weighted by Crippen LogP contribution is -2.54. The van der Waals surface area contributed by atoms with E-state index in [9.17, 15) is 15.3 Å². The zero-order valence-electron chi connectivity index (χ0n) is 10.3. The van der Waals surface area contributed by atoms with Crippen LogP contribution in [0.25, 0.3) is 0 Å². The quantitative estimate of drug-likeness (QED) is 0.539. The average molecular weight is 244 g/mol. The first kappa shape index (κ1) is 12.6. The Morgan fingerprint density at radius 2 is 2.00 bits per heavy atom. The molecule has 1 heterocycles. The van der Waals surface area contributed by atoms with Crippen LogP contribution in [0.4, 0.5) is 0 Å². The van der Waals surface area contributed by atoms with Crippen LogP contribution < -0.4 is 0 Å². The van der Waals surface area contributed by atoms with E-state index in [1.807, 2.05) is 14.1 Å². The lowest BCUT2D eigenvalue weighted by atomic mass is 9.77. The van der Waals surface area contributed by atoms with Gasteiger partial charge in [-0.1, -0.05) is 0 Å². The molecule has 2 rings (SSSR count). The third-order valence-electron chi connectivity index (χ3n) is 3.54. The maximum atomic E-state index is 10.0. The van der Waals surface area contributed by atoms with Gasteiger partial charge in [-0.25, -0.2) is 4.99 Å². The Bertz CT molecular complexity index is 319. The van der Waals surface area contributed by atoms with Gasteiger partial charge in [0.2, 0.25) is 0 Å². The molecule has 0 saturated heterocycles. The topological polar surface area (TPSA) is 85.5 Å². The largest absolute Gasteiger partial charge is 0.459 e. The molecule has 0 spiro atoms. The van der Waals surface area contributed by atoms with Gasteiger partial charge in [0, 0.05) is 20.0 Å². The molecule has 1 aliphatic carbocycles. The number of aliphatic hydroxyl groups is 3. The molecule has 1 saturated carbocycles. The van der Waals surface area contributed by atoms with Crippen molar-refractivity contribution in [2.75, 3.05) is 14.1 Å². The molecular formula is C11H20N2O4. The standard InChI is InChI=1S/C11H20N2O4/c1-5(14)6-4-7-8(10(16)9(6)15)12-11(17-7)13(2)3/h5-10,14-16H,4H2,1-3H3/t5-,6+,7-,8-,9+,10+/m0/s1. The maximum Gasteiger partial charge on any atom is 0.287 e. The molecule has 6 heteroatoms. The van der Waals surface area contributed by atoms with Crippen molar-refractivity contribution in [1.82, 2.24) is 4.90 Å². The summed E-state index contributed by atoms with van der Waals surface area (Å²) < 4.78 is 5.62. The molecule has 98 valence electrons. The van der Waals surface area contributed by atoms with Crippen molar-refractivity contribution in [1.29, 1.82) is 0 Å². The van der Waals surface area contributed by atoms with E-state index in [4.69, 9.17) is 4.74 Å².